The minimum Gasteiger partial charge on any atom is -0.218 e. The molecule has 0 N–H and O–H groups in total. The Labute approximate surface area is 75.0 Å². The van der Waals surface area contributed by atoms with Crippen molar-refractivity contribution >= 4 is 17.2 Å². The van der Waals surface area contributed by atoms with Gasteiger partial charge in [0.25, 0.3) is 0 Å². The maximum atomic E-state index is 5.97. The van der Waals surface area contributed by atoms with Gasteiger partial charge >= 0.3 is 0 Å². The molecule has 0 bridgehead atoms. The lowest BCUT2D eigenvalue weighted by Gasteiger charge is -2.02. The third kappa shape index (κ3) is 0.898. The second kappa shape index (κ2) is 2.45. The number of pyridine rings is 1. The molecular formula is C8H8ClN3. The van der Waals surface area contributed by atoms with Gasteiger partial charge in [0.15, 0.2) is 5.65 Å². The fraction of sp³-hybridized carbons (Fsp3) is 0.250. The normalized spacial score (nSPS) is 10.9. The number of halogens is 1. The molecule has 2 heterocycles. The smallest absolute Gasteiger partial charge is 0.159 e. The molecule has 0 aliphatic carbocycles. The van der Waals surface area contributed by atoms with Gasteiger partial charge in [0.1, 0.15) is 6.33 Å². The number of aromatic nitrogens is 3. The molecule has 0 aliphatic rings. The second-order valence-corrected chi connectivity index (χ2v) is 3.16. The molecule has 2 aromatic heterocycles. The van der Waals surface area contributed by atoms with Gasteiger partial charge in [-0.15, -0.1) is 0 Å². The summed E-state index contributed by atoms with van der Waals surface area (Å²) >= 11 is 5.97. The minimum atomic E-state index is 0.744. The highest BCUT2D eigenvalue weighted by Gasteiger charge is 2.05. The average Bonchev–Trinajstić information content (AvgIpc) is 2.48. The zero-order valence-corrected chi connectivity index (χ0v) is 7.63. The molecule has 0 atom stereocenters. The van der Waals surface area contributed by atoms with Gasteiger partial charge in [-0.25, -0.2) is 9.50 Å². The standard InChI is InChI=1S/C8H8ClN3/c1-5-3-7(9)6(2)8-10-4-11-12(5)8/h3-4H,1-2H3. The zero-order valence-electron chi connectivity index (χ0n) is 6.87. The van der Waals surface area contributed by atoms with E-state index in [1.807, 2.05) is 19.9 Å². The van der Waals surface area contributed by atoms with E-state index in [1.165, 1.54) is 6.33 Å². The van der Waals surface area contributed by atoms with Crippen LogP contribution in [0, 0.1) is 13.8 Å². The van der Waals surface area contributed by atoms with Gasteiger partial charge in [0.05, 0.1) is 0 Å². The number of hydrogen-bond acceptors (Lipinski definition) is 2. The van der Waals surface area contributed by atoms with Crippen LogP contribution in [0.1, 0.15) is 11.3 Å². The number of rotatable bonds is 0. The Bertz CT molecular complexity index is 433. The molecule has 0 fully saturated rings. The Balaban J connectivity index is 2.97. The molecular weight excluding hydrogens is 174 g/mol. The summed E-state index contributed by atoms with van der Waals surface area (Å²) in [6.07, 6.45) is 1.53. The van der Waals surface area contributed by atoms with Crippen LogP contribution in [-0.4, -0.2) is 14.6 Å². The second-order valence-electron chi connectivity index (χ2n) is 2.75. The molecule has 2 rings (SSSR count). The first-order chi connectivity index (χ1) is 5.70. The highest BCUT2D eigenvalue weighted by atomic mass is 35.5. The van der Waals surface area contributed by atoms with Crippen LogP contribution in [-0.2, 0) is 0 Å². The van der Waals surface area contributed by atoms with Crippen molar-refractivity contribution in [2.75, 3.05) is 0 Å². The molecule has 0 amide bonds. The number of fused-ring (bicyclic) bond motifs is 1. The Kier molecular flexibility index (Phi) is 1.54. The summed E-state index contributed by atoms with van der Waals surface area (Å²) in [5, 5.41) is 4.81. The van der Waals surface area contributed by atoms with E-state index in [0.29, 0.717) is 0 Å². The summed E-state index contributed by atoms with van der Waals surface area (Å²) in [6.45, 7) is 3.89. The van der Waals surface area contributed by atoms with Crippen molar-refractivity contribution in [1.29, 1.82) is 0 Å². The zero-order chi connectivity index (χ0) is 8.72. The van der Waals surface area contributed by atoms with Crippen molar-refractivity contribution < 1.29 is 0 Å². The van der Waals surface area contributed by atoms with Crippen molar-refractivity contribution in [3.8, 4) is 0 Å². The monoisotopic (exact) mass is 181 g/mol. The van der Waals surface area contributed by atoms with E-state index in [4.69, 9.17) is 11.6 Å². The summed E-state index contributed by atoms with van der Waals surface area (Å²) in [4.78, 5) is 4.11. The maximum Gasteiger partial charge on any atom is 0.159 e. The van der Waals surface area contributed by atoms with Crippen LogP contribution in [0.2, 0.25) is 5.02 Å². The molecule has 0 aromatic carbocycles. The van der Waals surface area contributed by atoms with E-state index in [-0.39, 0.29) is 0 Å². The lowest BCUT2D eigenvalue weighted by molar-refractivity contribution is 0.910. The number of hydrogen-bond donors (Lipinski definition) is 0. The van der Waals surface area contributed by atoms with Gasteiger partial charge in [-0.1, -0.05) is 11.6 Å². The van der Waals surface area contributed by atoms with Gasteiger partial charge in [0, 0.05) is 16.3 Å². The molecule has 0 aliphatic heterocycles. The first-order valence-electron chi connectivity index (χ1n) is 3.65. The lowest BCUT2D eigenvalue weighted by atomic mass is 10.2. The van der Waals surface area contributed by atoms with Gasteiger partial charge in [-0.05, 0) is 19.9 Å². The first-order valence-corrected chi connectivity index (χ1v) is 4.03. The molecule has 0 saturated carbocycles. The highest BCUT2D eigenvalue weighted by Crippen LogP contribution is 2.19. The van der Waals surface area contributed by atoms with E-state index in [9.17, 15) is 0 Å². The van der Waals surface area contributed by atoms with Crippen LogP contribution in [0.15, 0.2) is 12.4 Å². The number of aryl methyl sites for hydroxylation is 2. The first kappa shape index (κ1) is 7.55. The van der Waals surface area contributed by atoms with Crippen molar-refractivity contribution in [3.05, 3.63) is 28.7 Å². The van der Waals surface area contributed by atoms with E-state index in [1.54, 1.807) is 4.52 Å². The molecule has 0 saturated heterocycles. The van der Waals surface area contributed by atoms with Crippen molar-refractivity contribution in [2.24, 2.45) is 0 Å². The number of nitrogens with zero attached hydrogens (tertiary/aromatic N) is 3. The predicted molar refractivity (Wildman–Crippen MR) is 47.5 cm³/mol. The predicted octanol–water partition coefficient (Wildman–Crippen LogP) is 2.00. The summed E-state index contributed by atoms with van der Waals surface area (Å²) in [7, 11) is 0. The van der Waals surface area contributed by atoms with E-state index >= 15 is 0 Å². The highest BCUT2D eigenvalue weighted by molar-refractivity contribution is 6.31. The fourth-order valence-corrected chi connectivity index (χ4v) is 1.46. The van der Waals surface area contributed by atoms with Crippen LogP contribution < -0.4 is 0 Å². The average molecular weight is 182 g/mol. The van der Waals surface area contributed by atoms with Crippen molar-refractivity contribution in [1.82, 2.24) is 14.6 Å². The molecule has 12 heavy (non-hydrogen) atoms. The minimum absolute atomic E-state index is 0.744. The van der Waals surface area contributed by atoms with Crippen LogP contribution >= 0.6 is 11.6 Å². The Morgan fingerprint density at radius 2 is 2.17 bits per heavy atom. The van der Waals surface area contributed by atoms with E-state index < -0.39 is 0 Å². The fourth-order valence-electron chi connectivity index (χ4n) is 1.21. The molecule has 0 spiro atoms. The Morgan fingerprint density at radius 1 is 1.42 bits per heavy atom. The molecule has 4 heteroatoms. The van der Waals surface area contributed by atoms with E-state index in [2.05, 4.69) is 10.1 Å². The summed E-state index contributed by atoms with van der Waals surface area (Å²) in [6, 6.07) is 1.89. The summed E-state index contributed by atoms with van der Waals surface area (Å²) in [5.41, 5.74) is 2.80. The van der Waals surface area contributed by atoms with Crippen LogP contribution in [0.3, 0.4) is 0 Å². The van der Waals surface area contributed by atoms with E-state index in [0.717, 1.165) is 21.9 Å². The van der Waals surface area contributed by atoms with Crippen molar-refractivity contribution in [3.63, 3.8) is 0 Å². The third-order valence-electron chi connectivity index (χ3n) is 1.91. The van der Waals surface area contributed by atoms with Crippen LogP contribution in [0.4, 0.5) is 0 Å². The Morgan fingerprint density at radius 3 is 2.92 bits per heavy atom. The van der Waals surface area contributed by atoms with Gasteiger partial charge < -0.3 is 0 Å². The molecule has 62 valence electrons. The molecule has 3 nitrogen and oxygen atoms in total. The van der Waals surface area contributed by atoms with Crippen LogP contribution in [0.5, 0.6) is 0 Å². The van der Waals surface area contributed by atoms with Crippen molar-refractivity contribution in [2.45, 2.75) is 13.8 Å². The largest absolute Gasteiger partial charge is 0.218 e. The summed E-state index contributed by atoms with van der Waals surface area (Å²) < 4.78 is 1.78. The topological polar surface area (TPSA) is 30.2 Å². The van der Waals surface area contributed by atoms with Gasteiger partial charge in [-0.3, -0.25) is 0 Å². The lowest BCUT2D eigenvalue weighted by Crippen LogP contribution is -1.95. The SMILES string of the molecule is Cc1c(Cl)cc(C)n2ncnc12. The maximum absolute atomic E-state index is 5.97. The molecule has 0 radical (unpaired) electrons. The van der Waals surface area contributed by atoms with Gasteiger partial charge in [0.2, 0.25) is 0 Å². The Hall–Kier alpha value is -1.09. The summed E-state index contributed by atoms with van der Waals surface area (Å²) in [5.74, 6) is 0. The van der Waals surface area contributed by atoms with Crippen LogP contribution in [0.25, 0.3) is 5.65 Å². The molecule has 0 unspecified atom stereocenters. The quantitative estimate of drug-likeness (QED) is 0.622. The molecule has 2 aromatic rings. The van der Waals surface area contributed by atoms with Gasteiger partial charge in [-0.2, -0.15) is 5.10 Å². The third-order valence-corrected chi connectivity index (χ3v) is 2.30.